The molecule has 0 unspecified atom stereocenters. The van der Waals surface area contributed by atoms with Gasteiger partial charge in [0.1, 0.15) is 5.75 Å². The van der Waals surface area contributed by atoms with E-state index in [2.05, 4.69) is 35.0 Å². The zero-order valence-corrected chi connectivity index (χ0v) is 12.4. The largest absolute Gasteiger partial charge is 0.497 e. The van der Waals surface area contributed by atoms with Crippen molar-refractivity contribution in [1.29, 1.82) is 0 Å². The van der Waals surface area contributed by atoms with Crippen LogP contribution >= 0.6 is 0 Å². The molecule has 2 saturated heterocycles. The fraction of sp³-hybridized carbons (Fsp3) is 0.625. The van der Waals surface area contributed by atoms with Crippen LogP contribution in [0.2, 0.25) is 0 Å². The number of hydrogen-bond acceptors (Lipinski definition) is 4. The highest BCUT2D eigenvalue weighted by Crippen LogP contribution is 2.25. The molecular formula is C16H24N2O2. The van der Waals surface area contributed by atoms with Crippen LogP contribution in [0.4, 0.5) is 0 Å². The molecule has 0 amide bonds. The predicted octanol–water partition coefficient (Wildman–Crippen LogP) is 1.46. The minimum atomic E-state index is 0.408. The Labute approximate surface area is 121 Å². The summed E-state index contributed by atoms with van der Waals surface area (Å²) < 4.78 is 11.3. The van der Waals surface area contributed by atoms with Crippen LogP contribution in [0, 0.1) is 5.92 Å². The Morgan fingerprint density at radius 2 is 2.20 bits per heavy atom. The molecular weight excluding hydrogens is 252 g/mol. The summed E-state index contributed by atoms with van der Waals surface area (Å²) in [6, 6.07) is 8.35. The number of likely N-dealkylation sites (tertiary alicyclic amines) is 1. The van der Waals surface area contributed by atoms with E-state index in [4.69, 9.17) is 9.47 Å². The maximum Gasteiger partial charge on any atom is 0.119 e. The van der Waals surface area contributed by atoms with Crippen molar-refractivity contribution in [2.24, 2.45) is 5.92 Å². The van der Waals surface area contributed by atoms with Crippen molar-refractivity contribution >= 4 is 0 Å². The molecule has 2 aliphatic rings. The lowest BCUT2D eigenvalue weighted by atomic mass is 10.1. The van der Waals surface area contributed by atoms with Gasteiger partial charge in [-0.25, -0.2) is 0 Å². The van der Waals surface area contributed by atoms with E-state index in [0.29, 0.717) is 12.0 Å². The van der Waals surface area contributed by atoms with Crippen LogP contribution in [0.25, 0.3) is 0 Å². The van der Waals surface area contributed by atoms with Crippen molar-refractivity contribution in [3.05, 3.63) is 29.8 Å². The summed E-state index contributed by atoms with van der Waals surface area (Å²) in [4.78, 5) is 4.89. The number of ether oxygens (including phenoxy) is 2. The quantitative estimate of drug-likeness (QED) is 0.834. The fourth-order valence-electron chi connectivity index (χ4n) is 3.30. The van der Waals surface area contributed by atoms with Crippen molar-refractivity contribution < 1.29 is 9.47 Å². The van der Waals surface area contributed by atoms with Crippen LogP contribution in [0.1, 0.15) is 5.56 Å². The summed E-state index contributed by atoms with van der Waals surface area (Å²) in [6.45, 7) is 6.24. The Bertz CT molecular complexity index is 452. The molecule has 0 spiro atoms. The molecule has 0 bridgehead atoms. The first-order valence-electron chi connectivity index (χ1n) is 7.40. The normalized spacial score (nSPS) is 28.1. The number of methoxy groups -OCH3 is 1. The van der Waals surface area contributed by atoms with E-state index < -0.39 is 0 Å². The van der Waals surface area contributed by atoms with E-state index in [1.807, 2.05) is 6.07 Å². The maximum absolute atomic E-state index is 6.00. The van der Waals surface area contributed by atoms with Crippen LogP contribution in [-0.4, -0.2) is 62.8 Å². The monoisotopic (exact) mass is 276 g/mol. The number of rotatable bonds is 3. The van der Waals surface area contributed by atoms with Crippen molar-refractivity contribution in [2.45, 2.75) is 12.6 Å². The SMILES string of the molecule is COc1cccc(CN2C[C@@H]3CN(C)CCO[C@@H]3C2)c1. The van der Waals surface area contributed by atoms with Crippen LogP contribution in [0.15, 0.2) is 24.3 Å². The van der Waals surface area contributed by atoms with E-state index in [-0.39, 0.29) is 0 Å². The summed E-state index contributed by atoms with van der Waals surface area (Å²) in [7, 11) is 3.91. The first-order chi connectivity index (χ1) is 9.74. The molecule has 2 atom stereocenters. The summed E-state index contributed by atoms with van der Waals surface area (Å²) in [5, 5.41) is 0. The second-order valence-corrected chi connectivity index (χ2v) is 5.98. The summed E-state index contributed by atoms with van der Waals surface area (Å²) in [6.07, 6.45) is 0.408. The van der Waals surface area contributed by atoms with Crippen LogP contribution in [0.3, 0.4) is 0 Å². The van der Waals surface area contributed by atoms with Gasteiger partial charge in [-0.2, -0.15) is 0 Å². The summed E-state index contributed by atoms with van der Waals surface area (Å²) in [5.41, 5.74) is 1.31. The second kappa shape index (κ2) is 6.12. The van der Waals surface area contributed by atoms with Crippen LogP contribution in [0.5, 0.6) is 5.75 Å². The highest BCUT2D eigenvalue weighted by molar-refractivity contribution is 5.28. The topological polar surface area (TPSA) is 24.9 Å². The molecule has 110 valence electrons. The zero-order valence-electron chi connectivity index (χ0n) is 12.4. The van der Waals surface area contributed by atoms with E-state index in [9.17, 15) is 0 Å². The second-order valence-electron chi connectivity index (χ2n) is 5.98. The first kappa shape index (κ1) is 13.9. The Morgan fingerprint density at radius 3 is 3.05 bits per heavy atom. The first-order valence-corrected chi connectivity index (χ1v) is 7.40. The van der Waals surface area contributed by atoms with Crippen LogP contribution in [-0.2, 0) is 11.3 Å². The lowest BCUT2D eigenvalue weighted by Crippen LogP contribution is -2.29. The molecule has 0 aliphatic carbocycles. The molecule has 4 heteroatoms. The van der Waals surface area contributed by atoms with Gasteiger partial charge in [-0.05, 0) is 24.7 Å². The average Bonchev–Trinajstić information content (AvgIpc) is 2.72. The average molecular weight is 276 g/mol. The zero-order chi connectivity index (χ0) is 13.9. The molecule has 1 aromatic carbocycles. The predicted molar refractivity (Wildman–Crippen MR) is 79.0 cm³/mol. The van der Waals surface area contributed by atoms with E-state index >= 15 is 0 Å². The van der Waals surface area contributed by atoms with Gasteiger partial charge in [0, 0.05) is 38.6 Å². The van der Waals surface area contributed by atoms with Gasteiger partial charge in [0.05, 0.1) is 19.8 Å². The number of fused-ring (bicyclic) bond motifs is 1. The minimum Gasteiger partial charge on any atom is -0.497 e. The Hall–Kier alpha value is -1.10. The van der Waals surface area contributed by atoms with Crippen molar-refractivity contribution in [2.75, 3.05) is 46.9 Å². The Kier molecular flexibility index (Phi) is 4.24. The molecule has 0 saturated carbocycles. The fourth-order valence-corrected chi connectivity index (χ4v) is 3.30. The molecule has 0 aromatic heterocycles. The molecule has 20 heavy (non-hydrogen) atoms. The van der Waals surface area contributed by atoms with Crippen molar-refractivity contribution in [3.8, 4) is 5.75 Å². The number of nitrogens with zero attached hydrogens (tertiary/aromatic N) is 2. The molecule has 2 fully saturated rings. The summed E-state index contributed by atoms with van der Waals surface area (Å²) in [5.74, 6) is 1.58. The molecule has 3 rings (SSSR count). The molecule has 1 aromatic rings. The summed E-state index contributed by atoms with van der Waals surface area (Å²) >= 11 is 0. The highest BCUT2D eigenvalue weighted by atomic mass is 16.5. The molecule has 2 heterocycles. The molecule has 0 N–H and O–H groups in total. The van der Waals surface area contributed by atoms with Crippen molar-refractivity contribution in [1.82, 2.24) is 9.80 Å². The number of hydrogen-bond donors (Lipinski definition) is 0. The van der Waals surface area contributed by atoms with Gasteiger partial charge in [0.25, 0.3) is 0 Å². The maximum atomic E-state index is 6.00. The third-order valence-corrected chi connectivity index (χ3v) is 4.35. The molecule has 4 nitrogen and oxygen atoms in total. The van der Waals surface area contributed by atoms with Gasteiger partial charge in [-0.15, -0.1) is 0 Å². The van der Waals surface area contributed by atoms with Gasteiger partial charge in [0.2, 0.25) is 0 Å². The third-order valence-electron chi connectivity index (χ3n) is 4.35. The molecule has 0 radical (unpaired) electrons. The third kappa shape index (κ3) is 3.14. The lowest BCUT2D eigenvalue weighted by molar-refractivity contribution is 0.0514. The van der Waals surface area contributed by atoms with Gasteiger partial charge in [-0.3, -0.25) is 4.90 Å². The van der Waals surface area contributed by atoms with E-state index in [1.54, 1.807) is 7.11 Å². The number of benzene rings is 1. The van der Waals surface area contributed by atoms with Gasteiger partial charge < -0.3 is 14.4 Å². The smallest absolute Gasteiger partial charge is 0.119 e. The van der Waals surface area contributed by atoms with Gasteiger partial charge >= 0.3 is 0 Å². The van der Waals surface area contributed by atoms with Crippen LogP contribution < -0.4 is 4.74 Å². The lowest BCUT2D eigenvalue weighted by Gasteiger charge is -2.19. The highest BCUT2D eigenvalue weighted by Gasteiger charge is 2.35. The van der Waals surface area contributed by atoms with Crippen molar-refractivity contribution in [3.63, 3.8) is 0 Å². The minimum absolute atomic E-state index is 0.408. The molecule has 2 aliphatic heterocycles. The van der Waals surface area contributed by atoms with E-state index in [1.165, 1.54) is 5.56 Å². The van der Waals surface area contributed by atoms with Gasteiger partial charge in [0.15, 0.2) is 0 Å². The number of likely N-dealkylation sites (N-methyl/N-ethyl adjacent to an activating group) is 1. The van der Waals surface area contributed by atoms with E-state index in [0.717, 1.165) is 45.1 Å². The Morgan fingerprint density at radius 1 is 1.30 bits per heavy atom. The van der Waals surface area contributed by atoms with Gasteiger partial charge in [-0.1, -0.05) is 12.1 Å². The Balaban J connectivity index is 1.62. The standard InChI is InChI=1S/C16H24N2O2/c1-17-6-7-20-16-12-18(11-14(16)10-17)9-13-4-3-5-15(8-13)19-2/h3-5,8,14,16H,6-7,9-12H2,1-2H3/t14-,16+/m0/s1.